The predicted octanol–water partition coefficient (Wildman–Crippen LogP) is 4.44. The average molecular weight is 388 g/mol. The second-order valence-corrected chi connectivity index (χ2v) is 5.73. The molecule has 0 saturated carbocycles. The lowest BCUT2D eigenvalue weighted by molar-refractivity contribution is -0.155. The fourth-order valence-electron chi connectivity index (χ4n) is 2.24. The number of hydrogen-bond donors (Lipinski definition) is 0. The minimum Gasteiger partial charge on any atom is -0.497 e. The van der Waals surface area contributed by atoms with Crippen molar-refractivity contribution in [2.75, 3.05) is 20.0 Å². The van der Waals surface area contributed by atoms with Crippen molar-refractivity contribution in [2.45, 2.75) is 18.2 Å². The number of carbonyl (C=O) groups is 2. The number of esters is 1. The van der Waals surface area contributed by atoms with Crippen LogP contribution in [0.25, 0.3) is 0 Å². The number of halogens is 3. The zero-order valence-electron chi connectivity index (χ0n) is 14.1. The molecule has 9 heteroatoms. The highest BCUT2D eigenvalue weighted by Crippen LogP contribution is 2.41. The molecule has 2 rings (SSSR count). The fourth-order valence-corrected chi connectivity index (χ4v) is 2.81. The molecule has 0 radical (unpaired) electrons. The first-order valence-corrected chi connectivity index (χ1v) is 8.60. The van der Waals surface area contributed by atoms with Gasteiger partial charge >= 0.3 is 12.1 Å². The number of hydrogen-bond acceptors (Lipinski definition) is 6. The van der Waals surface area contributed by atoms with Crippen LogP contribution < -0.4 is 4.74 Å². The van der Waals surface area contributed by atoms with Gasteiger partial charge in [-0.15, -0.1) is 0 Å². The summed E-state index contributed by atoms with van der Waals surface area (Å²) in [6.07, 6.45) is -3.51. The zero-order chi connectivity index (χ0) is 19.5. The van der Waals surface area contributed by atoms with E-state index in [2.05, 4.69) is 0 Å². The first kappa shape index (κ1) is 19.9. The van der Waals surface area contributed by atoms with Crippen LogP contribution in [0.1, 0.15) is 39.0 Å². The van der Waals surface area contributed by atoms with E-state index >= 15 is 0 Å². The van der Waals surface area contributed by atoms with Crippen molar-refractivity contribution in [3.05, 3.63) is 46.7 Å². The minimum absolute atomic E-state index is 0.0844. The van der Waals surface area contributed by atoms with Crippen LogP contribution in [0.2, 0.25) is 0 Å². The van der Waals surface area contributed by atoms with Crippen molar-refractivity contribution < 1.29 is 36.7 Å². The number of rotatable bonds is 6. The summed E-state index contributed by atoms with van der Waals surface area (Å²) in [5.74, 6) is -3.11. The molecule has 0 unspecified atom stereocenters. The Morgan fingerprint density at radius 2 is 1.77 bits per heavy atom. The SMILES string of the molecule is CCOC(=O)c1c(C(F)(F)F)oc(SC)c1C(=O)c1ccc(OC)cc1. The highest BCUT2D eigenvalue weighted by Gasteiger charge is 2.44. The molecule has 140 valence electrons. The topological polar surface area (TPSA) is 65.7 Å². The summed E-state index contributed by atoms with van der Waals surface area (Å²) in [7, 11) is 1.44. The second-order valence-electron chi connectivity index (χ2n) is 4.95. The summed E-state index contributed by atoms with van der Waals surface area (Å²) in [4.78, 5) is 24.9. The Bertz CT molecular complexity index is 809. The Balaban J connectivity index is 2.66. The van der Waals surface area contributed by atoms with Gasteiger partial charge < -0.3 is 13.9 Å². The molecule has 5 nitrogen and oxygen atoms in total. The Morgan fingerprint density at radius 3 is 2.23 bits per heavy atom. The molecule has 0 aliphatic carbocycles. The van der Waals surface area contributed by atoms with E-state index in [9.17, 15) is 22.8 Å². The molecule has 0 N–H and O–H groups in total. The fraction of sp³-hybridized carbons (Fsp3) is 0.294. The van der Waals surface area contributed by atoms with Crippen LogP contribution in [-0.4, -0.2) is 31.7 Å². The van der Waals surface area contributed by atoms with Gasteiger partial charge in [0.1, 0.15) is 11.3 Å². The number of benzene rings is 1. The highest BCUT2D eigenvalue weighted by molar-refractivity contribution is 7.98. The zero-order valence-corrected chi connectivity index (χ0v) is 14.9. The number of methoxy groups -OCH3 is 1. The van der Waals surface area contributed by atoms with Gasteiger partial charge in [0.2, 0.25) is 5.76 Å². The molecule has 1 aromatic heterocycles. The summed E-state index contributed by atoms with van der Waals surface area (Å²) < 4.78 is 54.4. The quantitative estimate of drug-likeness (QED) is 0.414. The Hall–Kier alpha value is -2.42. The Kier molecular flexibility index (Phi) is 6.01. The third-order valence-electron chi connectivity index (χ3n) is 3.38. The molecule has 0 spiro atoms. The number of ether oxygens (including phenoxy) is 2. The largest absolute Gasteiger partial charge is 0.497 e. The van der Waals surface area contributed by atoms with Crippen LogP contribution in [-0.2, 0) is 10.9 Å². The summed E-state index contributed by atoms with van der Waals surface area (Å²) in [5, 5.41) is -0.304. The van der Waals surface area contributed by atoms with Gasteiger partial charge in [-0.05, 0) is 37.4 Å². The molecule has 2 aromatic rings. The van der Waals surface area contributed by atoms with Crippen molar-refractivity contribution >= 4 is 23.5 Å². The maximum Gasteiger partial charge on any atom is 0.450 e. The molecule has 0 fully saturated rings. The van der Waals surface area contributed by atoms with Gasteiger partial charge in [-0.3, -0.25) is 4.79 Å². The number of carbonyl (C=O) groups excluding carboxylic acids is 2. The highest BCUT2D eigenvalue weighted by atomic mass is 32.2. The van der Waals surface area contributed by atoms with Gasteiger partial charge in [0.25, 0.3) is 0 Å². The lowest BCUT2D eigenvalue weighted by Crippen LogP contribution is -2.16. The standard InChI is InChI=1S/C17H15F3O5S/c1-4-24-15(22)12-11(16(26-3)25-14(12)17(18,19)20)13(21)9-5-7-10(23-2)8-6-9/h5-8H,4H2,1-3H3. The first-order valence-electron chi connectivity index (χ1n) is 7.38. The van der Waals surface area contributed by atoms with E-state index in [0.29, 0.717) is 5.75 Å². The molecule has 26 heavy (non-hydrogen) atoms. The van der Waals surface area contributed by atoms with Crippen LogP contribution in [0.3, 0.4) is 0 Å². The van der Waals surface area contributed by atoms with Gasteiger partial charge in [0.05, 0.1) is 19.3 Å². The van der Waals surface area contributed by atoms with E-state index in [1.165, 1.54) is 44.6 Å². The molecule has 1 aromatic carbocycles. The summed E-state index contributed by atoms with van der Waals surface area (Å²) in [5.41, 5.74) is -1.29. The molecular weight excluding hydrogens is 373 g/mol. The van der Waals surface area contributed by atoms with Gasteiger partial charge in [-0.1, -0.05) is 11.8 Å². The maximum absolute atomic E-state index is 13.3. The summed E-state index contributed by atoms with van der Waals surface area (Å²) in [6, 6.07) is 5.75. The van der Waals surface area contributed by atoms with Crippen LogP contribution in [0.4, 0.5) is 13.2 Å². The minimum atomic E-state index is -4.95. The van der Waals surface area contributed by atoms with E-state index < -0.39 is 34.8 Å². The van der Waals surface area contributed by atoms with Gasteiger partial charge in [0, 0.05) is 5.56 Å². The van der Waals surface area contributed by atoms with E-state index in [0.717, 1.165) is 11.8 Å². The molecule has 0 saturated heterocycles. The molecule has 0 bridgehead atoms. The summed E-state index contributed by atoms with van der Waals surface area (Å²) in [6.45, 7) is 1.30. The lowest BCUT2D eigenvalue weighted by atomic mass is 10.0. The third-order valence-corrected chi connectivity index (χ3v) is 4.04. The number of alkyl halides is 3. The van der Waals surface area contributed by atoms with Crippen LogP contribution >= 0.6 is 11.8 Å². The molecule has 0 aliphatic rings. The van der Waals surface area contributed by atoms with Crippen LogP contribution in [0, 0.1) is 0 Å². The lowest BCUT2D eigenvalue weighted by Gasteiger charge is -2.08. The van der Waals surface area contributed by atoms with Crippen LogP contribution in [0.15, 0.2) is 33.8 Å². The van der Waals surface area contributed by atoms with E-state index in [4.69, 9.17) is 13.9 Å². The molecule has 1 heterocycles. The van der Waals surface area contributed by atoms with Crippen molar-refractivity contribution in [2.24, 2.45) is 0 Å². The van der Waals surface area contributed by atoms with E-state index in [-0.39, 0.29) is 17.3 Å². The van der Waals surface area contributed by atoms with Crippen molar-refractivity contribution in [3.63, 3.8) is 0 Å². The molecule has 0 aliphatic heterocycles. The molecule has 0 atom stereocenters. The van der Waals surface area contributed by atoms with Gasteiger partial charge in [-0.2, -0.15) is 13.2 Å². The first-order chi connectivity index (χ1) is 12.2. The number of furan rings is 1. The smallest absolute Gasteiger partial charge is 0.450 e. The average Bonchev–Trinajstić information content (AvgIpc) is 3.01. The van der Waals surface area contributed by atoms with Crippen molar-refractivity contribution in [3.8, 4) is 5.75 Å². The second kappa shape index (κ2) is 7.86. The van der Waals surface area contributed by atoms with Gasteiger partial charge in [0.15, 0.2) is 10.9 Å². The van der Waals surface area contributed by atoms with Crippen molar-refractivity contribution in [1.29, 1.82) is 0 Å². The summed E-state index contributed by atoms with van der Waals surface area (Å²) >= 11 is 0.793. The van der Waals surface area contributed by atoms with E-state index in [1.54, 1.807) is 0 Å². The number of ketones is 1. The van der Waals surface area contributed by atoms with E-state index in [1.807, 2.05) is 0 Å². The predicted molar refractivity (Wildman–Crippen MR) is 87.9 cm³/mol. The third kappa shape index (κ3) is 3.87. The van der Waals surface area contributed by atoms with Gasteiger partial charge in [-0.25, -0.2) is 4.79 Å². The monoisotopic (exact) mass is 388 g/mol. The Labute approximate surface area is 151 Å². The normalized spacial score (nSPS) is 11.3. The number of thioether (sulfide) groups is 1. The van der Waals surface area contributed by atoms with Crippen LogP contribution in [0.5, 0.6) is 5.75 Å². The maximum atomic E-state index is 13.3. The molecule has 0 amide bonds. The molecular formula is C17H15F3O5S. The van der Waals surface area contributed by atoms with Crippen molar-refractivity contribution in [1.82, 2.24) is 0 Å². The Morgan fingerprint density at radius 1 is 1.15 bits per heavy atom.